The van der Waals surface area contributed by atoms with Crippen LogP contribution in [-0.4, -0.2) is 29.6 Å². The Morgan fingerprint density at radius 2 is 1.95 bits per heavy atom. The van der Waals surface area contributed by atoms with Gasteiger partial charge in [0.2, 0.25) is 0 Å². The molecule has 0 heterocycles. The predicted octanol–water partition coefficient (Wildman–Crippen LogP) is 2.42. The molecule has 0 radical (unpaired) electrons. The van der Waals surface area contributed by atoms with Gasteiger partial charge in [-0.05, 0) is 26.8 Å². The summed E-state index contributed by atoms with van der Waals surface area (Å²) in [7, 11) is 0. The highest BCUT2D eigenvalue weighted by molar-refractivity contribution is 5.98. The molecule has 1 rings (SSSR count). The molecule has 0 aliphatic rings. The Morgan fingerprint density at radius 1 is 1.38 bits per heavy atom. The molecule has 0 fully saturated rings. The molecular weight excluding hydrogens is 286 g/mol. The van der Waals surface area contributed by atoms with E-state index in [-0.39, 0.29) is 6.54 Å². The molecule has 0 aliphatic carbocycles. The fourth-order valence-electron chi connectivity index (χ4n) is 1.70. The van der Waals surface area contributed by atoms with Crippen LogP contribution in [0.5, 0.6) is 0 Å². The van der Waals surface area contributed by atoms with Crippen molar-refractivity contribution in [2.24, 2.45) is 0 Å². The van der Waals surface area contributed by atoms with Gasteiger partial charge in [0.25, 0.3) is 11.6 Å². The van der Waals surface area contributed by atoms with Gasteiger partial charge < -0.3 is 10.1 Å². The number of halogens is 2. The van der Waals surface area contributed by atoms with Crippen molar-refractivity contribution in [1.82, 2.24) is 5.32 Å². The second kappa shape index (κ2) is 6.57. The molecule has 1 amide bonds. The largest absolute Gasteiger partial charge is 0.374 e. The van der Waals surface area contributed by atoms with Crippen molar-refractivity contribution < 1.29 is 23.2 Å². The smallest absolute Gasteiger partial charge is 0.285 e. The van der Waals surface area contributed by atoms with E-state index >= 15 is 0 Å². The van der Waals surface area contributed by atoms with E-state index in [2.05, 4.69) is 5.32 Å². The third-order valence-electron chi connectivity index (χ3n) is 2.69. The third-order valence-corrected chi connectivity index (χ3v) is 2.69. The fraction of sp³-hybridized carbons (Fsp3) is 0.462. The van der Waals surface area contributed by atoms with Crippen LogP contribution < -0.4 is 5.32 Å². The summed E-state index contributed by atoms with van der Waals surface area (Å²) < 4.78 is 31.6. The van der Waals surface area contributed by atoms with E-state index in [0.29, 0.717) is 18.7 Å². The number of nitrogens with one attached hydrogen (secondary N) is 1. The van der Waals surface area contributed by atoms with Crippen molar-refractivity contribution in [3.63, 3.8) is 0 Å². The van der Waals surface area contributed by atoms with Crippen LogP contribution in [0.3, 0.4) is 0 Å². The van der Waals surface area contributed by atoms with E-state index < -0.39 is 39.3 Å². The van der Waals surface area contributed by atoms with Gasteiger partial charge in [-0.3, -0.25) is 14.9 Å². The fourth-order valence-corrected chi connectivity index (χ4v) is 1.70. The molecular formula is C13H16F2N2O4. The lowest BCUT2D eigenvalue weighted by Gasteiger charge is -2.24. The van der Waals surface area contributed by atoms with Crippen molar-refractivity contribution in [3.8, 4) is 0 Å². The van der Waals surface area contributed by atoms with E-state index in [9.17, 15) is 23.7 Å². The molecule has 0 unspecified atom stereocenters. The Kier molecular flexibility index (Phi) is 5.31. The van der Waals surface area contributed by atoms with E-state index in [4.69, 9.17) is 4.74 Å². The summed E-state index contributed by atoms with van der Waals surface area (Å²) in [5.41, 5.74) is -2.01. The Bertz CT molecular complexity index is 561. The first-order chi connectivity index (χ1) is 9.68. The molecule has 1 N–H and O–H groups in total. The average Bonchev–Trinajstić information content (AvgIpc) is 2.38. The molecule has 0 saturated heterocycles. The zero-order valence-electron chi connectivity index (χ0n) is 11.9. The van der Waals surface area contributed by atoms with Crippen LogP contribution in [0.25, 0.3) is 0 Å². The second-order valence-electron chi connectivity index (χ2n) is 4.92. The van der Waals surface area contributed by atoms with E-state index in [1.807, 2.05) is 0 Å². The number of hydrogen-bond acceptors (Lipinski definition) is 4. The highest BCUT2D eigenvalue weighted by Crippen LogP contribution is 2.22. The Balaban J connectivity index is 2.97. The van der Waals surface area contributed by atoms with Gasteiger partial charge in [0.05, 0.1) is 16.6 Å². The lowest BCUT2D eigenvalue weighted by molar-refractivity contribution is -0.385. The Hall–Kier alpha value is -2.09. The minimum atomic E-state index is -1.38. The number of amides is 1. The van der Waals surface area contributed by atoms with Crippen molar-refractivity contribution in [3.05, 3.63) is 39.4 Å². The molecule has 116 valence electrons. The molecule has 0 saturated carbocycles. The number of nitro groups is 1. The average molecular weight is 302 g/mol. The second-order valence-corrected chi connectivity index (χ2v) is 4.92. The van der Waals surface area contributed by atoms with Crippen LogP contribution in [0.15, 0.2) is 12.1 Å². The number of hydrogen-bond donors (Lipinski definition) is 1. The van der Waals surface area contributed by atoms with Crippen LogP contribution in [0.4, 0.5) is 14.5 Å². The van der Waals surface area contributed by atoms with Gasteiger partial charge in [-0.2, -0.15) is 0 Å². The van der Waals surface area contributed by atoms with Gasteiger partial charge >= 0.3 is 0 Å². The number of nitro benzene ring substituents is 1. The summed E-state index contributed by atoms with van der Waals surface area (Å²) in [5, 5.41) is 13.2. The minimum absolute atomic E-state index is 0.0653. The normalized spacial score (nSPS) is 11.3. The van der Waals surface area contributed by atoms with Crippen LogP contribution in [0, 0.1) is 21.7 Å². The standard InChI is InChI=1S/C13H16F2N2O4/c1-4-21-13(2,3)7-16-12(18)8-5-9(14)10(15)6-11(8)17(19)20/h5-6H,4,7H2,1-3H3,(H,16,18). The van der Waals surface area contributed by atoms with E-state index in [1.54, 1.807) is 20.8 Å². The van der Waals surface area contributed by atoms with Gasteiger partial charge in [0.15, 0.2) is 11.6 Å². The van der Waals surface area contributed by atoms with Crippen LogP contribution in [0.1, 0.15) is 31.1 Å². The lowest BCUT2D eigenvalue weighted by atomic mass is 10.1. The molecule has 0 atom stereocenters. The monoisotopic (exact) mass is 302 g/mol. The topological polar surface area (TPSA) is 81.5 Å². The molecule has 1 aromatic carbocycles. The van der Waals surface area contributed by atoms with Crippen molar-refractivity contribution in [2.45, 2.75) is 26.4 Å². The quantitative estimate of drug-likeness (QED) is 0.646. The highest BCUT2D eigenvalue weighted by atomic mass is 19.2. The molecule has 1 aromatic rings. The van der Waals surface area contributed by atoms with Crippen molar-refractivity contribution >= 4 is 11.6 Å². The summed E-state index contributed by atoms with van der Waals surface area (Å²) in [6, 6.07) is 0.897. The summed E-state index contributed by atoms with van der Waals surface area (Å²) in [5.74, 6) is -3.57. The maximum atomic E-state index is 13.2. The van der Waals surface area contributed by atoms with Crippen LogP contribution in [0.2, 0.25) is 0 Å². The SMILES string of the molecule is CCOC(C)(C)CNC(=O)c1cc(F)c(F)cc1[N+](=O)[O-]. The van der Waals surface area contributed by atoms with Gasteiger partial charge in [-0.15, -0.1) is 0 Å². The Labute approximate surface area is 120 Å². The summed E-state index contributed by atoms with van der Waals surface area (Å²) in [6.07, 6.45) is 0. The van der Waals surface area contributed by atoms with Gasteiger partial charge in [-0.25, -0.2) is 8.78 Å². The molecule has 0 bridgehead atoms. The zero-order chi connectivity index (χ0) is 16.2. The van der Waals surface area contributed by atoms with Crippen LogP contribution in [-0.2, 0) is 4.74 Å². The van der Waals surface area contributed by atoms with E-state index in [0.717, 1.165) is 0 Å². The van der Waals surface area contributed by atoms with E-state index in [1.165, 1.54) is 0 Å². The molecule has 0 spiro atoms. The van der Waals surface area contributed by atoms with Crippen molar-refractivity contribution in [1.29, 1.82) is 0 Å². The third kappa shape index (κ3) is 4.45. The number of rotatable bonds is 6. The maximum Gasteiger partial charge on any atom is 0.285 e. The maximum absolute atomic E-state index is 13.2. The molecule has 0 aromatic heterocycles. The molecule has 21 heavy (non-hydrogen) atoms. The van der Waals surface area contributed by atoms with Gasteiger partial charge in [0.1, 0.15) is 5.56 Å². The van der Waals surface area contributed by atoms with Gasteiger partial charge in [0, 0.05) is 13.2 Å². The first-order valence-corrected chi connectivity index (χ1v) is 6.23. The molecule has 8 heteroatoms. The van der Waals surface area contributed by atoms with Crippen molar-refractivity contribution in [2.75, 3.05) is 13.2 Å². The highest BCUT2D eigenvalue weighted by Gasteiger charge is 2.26. The number of ether oxygens (including phenoxy) is 1. The van der Waals surface area contributed by atoms with Crippen LogP contribution >= 0.6 is 0 Å². The Morgan fingerprint density at radius 3 is 2.48 bits per heavy atom. The number of carbonyl (C=O) groups excluding carboxylic acids is 1. The summed E-state index contributed by atoms with van der Waals surface area (Å²) in [4.78, 5) is 21.8. The minimum Gasteiger partial charge on any atom is -0.374 e. The number of benzene rings is 1. The lowest BCUT2D eigenvalue weighted by Crippen LogP contribution is -2.40. The first kappa shape index (κ1) is 17.0. The predicted molar refractivity (Wildman–Crippen MR) is 71.1 cm³/mol. The summed E-state index contributed by atoms with van der Waals surface area (Å²) >= 11 is 0. The molecule has 6 nitrogen and oxygen atoms in total. The van der Waals surface area contributed by atoms with Gasteiger partial charge in [-0.1, -0.05) is 0 Å². The molecule has 0 aliphatic heterocycles. The number of nitrogens with zero attached hydrogens (tertiary/aromatic N) is 1. The number of carbonyl (C=O) groups is 1. The first-order valence-electron chi connectivity index (χ1n) is 6.23. The zero-order valence-corrected chi connectivity index (χ0v) is 11.9. The summed E-state index contributed by atoms with van der Waals surface area (Å²) in [6.45, 7) is 5.71.